The summed E-state index contributed by atoms with van der Waals surface area (Å²) in [6.45, 7) is 5.36. The molecule has 0 saturated heterocycles. The fraction of sp³-hybridized carbons (Fsp3) is 0.357. The summed E-state index contributed by atoms with van der Waals surface area (Å²) in [5, 5.41) is 10.2. The van der Waals surface area contributed by atoms with Gasteiger partial charge in [0.05, 0.1) is 6.61 Å². The lowest BCUT2D eigenvalue weighted by molar-refractivity contribution is -0.145. The zero-order valence-corrected chi connectivity index (χ0v) is 19.4. The number of pyridine rings is 1. The summed E-state index contributed by atoms with van der Waals surface area (Å²) in [6, 6.07) is 19.7. The predicted molar refractivity (Wildman–Crippen MR) is 129 cm³/mol. The highest BCUT2D eigenvalue weighted by Gasteiger charge is 2.38. The Labute approximate surface area is 196 Å². The number of ether oxygens (including phenoxy) is 1. The largest absolute Gasteiger partial charge is 0.493 e. The molecule has 5 nitrogen and oxygen atoms in total. The Morgan fingerprint density at radius 1 is 1.09 bits per heavy atom. The van der Waals surface area contributed by atoms with E-state index in [0.717, 1.165) is 41.6 Å². The van der Waals surface area contributed by atoms with Crippen molar-refractivity contribution < 1.29 is 14.6 Å². The van der Waals surface area contributed by atoms with Crippen molar-refractivity contribution in [3.8, 4) is 5.75 Å². The van der Waals surface area contributed by atoms with Crippen LogP contribution in [0, 0.1) is 0 Å². The van der Waals surface area contributed by atoms with E-state index in [1.165, 1.54) is 5.56 Å². The molecule has 1 aliphatic heterocycles. The lowest BCUT2D eigenvalue weighted by Gasteiger charge is -2.41. The van der Waals surface area contributed by atoms with Gasteiger partial charge in [0.2, 0.25) is 0 Å². The van der Waals surface area contributed by atoms with Gasteiger partial charge < -0.3 is 9.84 Å². The van der Waals surface area contributed by atoms with Crippen molar-refractivity contribution in [1.82, 2.24) is 9.88 Å². The van der Waals surface area contributed by atoms with Crippen molar-refractivity contribution in [3.05, 3.63) is 94.8 Å². The van der Waals surface area contributed by atoms with Crippen molar-refractivity contribution in [2.24, 2.45) is 0 Å². The van der Waals surface area contributed by atoms with Crippen LogP contribution in [0.3, 0.4) is 0 Å². The number of fused-ring (bicyclic) bond motifs is 1. The molecular weight excluding hydrogens is 412 g/mol. The zero-order chi connectivity index (χ0) is 23.2. The van der Waals surface area contributed by atoms with Gasteiger partial charge in [0.25, 0.3) is 0 Å². The van der Waals surface area contributed by atoms with Crippen LogP contribution < -0.4 is 4.74 Å². The molecule has 0 radical (unpaired) electrons. The van der Waals surface area contributed by atoms with Gasteiger partial charge >= 0.3 is 5.97 Å². The first-order valence-electron chi connectivity index (χ1n) is 11.8. The van der Waals surface area contributed by atoms with Crippen LogP contribution >= 0.6 is 0 Å². The molecule has 1 unspecified atom stereocenters. The predicted octanol–water partition coefficient (Wildman–Crippen LogP) is 5.23. The lowest BCUT2D eigenvalue weighted by atomic mass is 9.86. The number of aliphatic carboxylic acids is 1. The van der Waals surface area contributed by atoms with Crippen molar-refractivity contribution in [3.63, 3.8) is 0 Å². The summed E-state index contributed by atoms with van der Waals surface area (Å²) in [4.78, 5) is 19.1. The summed E-state index contributed by atoms with van der Waals surface area (Å²) < 4.78 is 6.02. The van der Waals surface area contributed by atoms with Gasteiger partial charge in [-0.05, 0) is 59.7 Å². The van der Waals surface area contributed by atoms with Gasteiger partial charge in [0, 0.05) is 30.9 Å². The molecule has 1 N–H and O–H groups in total. The third kappa shape index (κ3) is 5.42. The molecule has 2 atom stereocenters. The first kappa shape index (κ1) is 23.0. The molecule has 1 aromatic heterocycles. The number of aromatic nitrogens is 1. The Morgan fingerprint density at radius 3 is 2.58 bits per heavy atom. The molecule has 0 amide bonds. The Morgan fingerprint density at radius 2 is 1.91 bits per heavy atom. The van der Waals surface area contributed by atoms with Gasteiger partial charge in [-0.2, -0.15) is 0 Å². The fourth-order valence-electron chi connectivity index (χ4n) is 4.62. The normalized spacial score (nSPS) is 18.0. The van der Waals surface area contributed by atoms with Crippen LogP contribution in [0.25, 0.3) is 0 Å². The third-order valence-electron chi connectivity index (χ3n) is 6.50. The molecule has 2 heterocycles. The number of nitrogens with zero attached hydrogens (tertiary/aromatic N) is 2. The van der Waals surface area contributed by atoms with Crippen LogP contribution in [0.15, 0.2) is 66.9 Å². The number of aryl methyl sites for hydroxylation is 1. The van der Waals surface area contributed by atoms with E-state index in [1.54, 1.807) is 0 Å². The van der Waals surface area contributed by atoms with Crippen molar-refractivity contribution in [2.75, 3.05) is 6.61 Å². The van der Waals surface area contributed by atoms with Crippen LogP contribution in [-0.2, 0) is 30.6 Å². The van der Waals surface area contributed by atoms with Gasteiger partial charge in [-0.1, -0.05) is 56.3 Å². The second-order valence-corrected chi connectivity index (χ2v) is 8.64. The number of carboxylic acid groups (broad SMARTS) is 1. The first-order valence-corrected chi connectivity index (χ1v) is 11.8. The molecule has 172 valence electrons. The molecular formula is C28H32N2O3. The number of hydrogen-bond donors (Lipinski definition) is 1. The quantitative estimate of drug-likeness (QED) is 0.490. The highest BCUT2D eigenvalue weighted by Crippen LogP contribution is 2.37. The maximum absolute atomic E-state index is 12.5. The number of benzene rings is 2. The minimum Gasteiger partial charge on any atom is -0.493 e. The Hall–Kier alpha value is -3.18. The minimum absolute atomic E-state index is 0.183. The van der Waals surface area contributed by atoms with E-state index < -0.39 is 12.0 Å². The SMILES string of the molecule is CCc1ccc(CCOc2ccc3c(c2)C(C(=O)O)N(Cc2ccccc2)[C@@H](CC)C3)nc1. The average molecular weight is 445 g/mol. The Bertz CT molecular complexity index is 1070. The van der Waals surface area contributed by atoms with Crippen molar-refractivity contribution >= 4 is 5.97 Å². The van der Waals surface area contributed by atoms with Crippen LogP contribution in [0.5, 0.6) is 5.75 Å². The first-order chi connectivity index (χ1) is 16.1. The van der Waals surface area contributed by atoms with Crippen LogP contribution in [-0.4, -0.2) is 33.6 Å². The maximum Gasteiger partial charge on any atom is 0.325 e. The van der Waals surface area contributed by atoms with Crippen LogP contribution in [0.4, 0.5) is 0 Å². The second kappa shape index (κ2) is 10.6. The monoisotopic (exact) mass is 444 g/mol. The van der Waals surface area contributed by atoms with Gasteiger partial charge in [-0.25, -0.2) is 0 Å². The molecule has 5 heteroatoms. The molecule has 0 spiro atoms. The second-order valence-electron chi connectivity index (χ2n) is 8.64. The van der Waals surface area contributed by atoms with E-state index >= 15 is 0 Å². The number of carbonyl (C=O) groups is 1. The summed E-state index contributed by atoms with van der Waals surface area (Å²) in [6.07, 6.45) is 5.34. The van der Waals surface area contributed by atoms with E-state index in [9.17, 15) is 9.90 Å². The van der Waals surface area contributed by atoms with Crippen molar-refractivity contribution in [1.29, 1.82) is 0 Å². The maximum atomic E-state index is 12.5. The summed E-state index contributed by atoms with van der Waals surface area (Å²) in [5.41, 5.74) is 5.28. The zero-order valence-electron chi connectivity index (χ0n) is 19.4. The summed E-state index contributed by atoms with van der Waals surface area (Å²) >= 11 is 0. The molecule has 0 fully saturated rings. The third-order valence-corrected chi connectivity index (χ3v) is 6.50. The van der Waals surface area contributed by atoms with Crippen LogP contribution in [0.2, 0.25) is 0 Å². The highest BCUT2D eigenvalue weighted by atomic mass is 16.5. The molecule has 1 aliphatic rings. The van der Waals surface area contributed by atoms with E-state index in [4.69, 9.17) is 4.74 Å². The summed E-state index contributed by atoms with van der Waals surface area (Å²) in [5.74, 6) is -0.109. The molecule has 4 rings (SSSR count). The van der Waals surface area contributed by atoms with E-state index in [1.807, 2.05) is 48.7 Å². The number of hydrogen-bond acceptors (Lipinski definition) is 4. The van der Waals surface area contributed by atoms with E-state index in [-0.39, 0.29) is 6.04 Å². The Kier molecular flexibility index (Phi) is 7.40. The molecule has 0 bridgehead atoms. The molecule has 0 aliphatic carbocycles. The van der Waals surface area contributed by atoms with Gasteiger partial charge in [-0.3, -0.25) is 14.7 Å². The molecule has 2 aromatic carbocycles. The fourth-order valence-corrected chi connectivity index (χ4v) is 4.62. The van der Waals surface area contributed by atoms with Gasteiger partial charge in [0.1, 0.15) is 11.8 Å². The topological polar surface area (TPSA) is 62.7 Å². The average Bonchev–Trinajstić information content (AvgIpc) is 2.84. The van der Waals surface area contributed by atoms with Gasteiger partial charge in [-0.15, -0.1) is 0 Å². The van der Waals surface area contributed by atoms with Gasteiger partial charge in [0.15, 0.2) is 0 Å². The van der Waals surface area contributed by atoms with Crippen molar-refractivity contribution in [2.45, 2.75) is 58.2 Å². The summed E-state index contributed by atoms with van der Waals surface area (Å²) in [7, 11) is 0. The smallest absolute Gasteiger partial charge is 0.325 e. The minimum atomic E-state index is -0.817. The standard InChI is InChI=1S/C28H32N2O3/c1-3-20-10-12-23(29-18-20)14-15-33-25-13-11-22-16-24(4-2)30(19-21-8-6-5-7-9-21)27(28(31)32)26(22)17-25/h5-13,17-18,24,27H,3-4,14-16,19H2,1-2H3,(H,31,32)/t24-,27?/m0/s1. The molecule has 3 aromatic rings. The number of rotatable bonds is 9. The van der Waals surface area contributed by atoms with E-state index in [0.29, 0.717) is 25.3 Å². The lowest BCUT2D eigenvalue weighted by Crippen LogP contribution is -2.46. The van der Waals surface area contributed by atoms with Crippen LogP contribution in [0.1, 0.15) is 54.3 Å². The molecule has 0 saturated carbocycles. The number of carboxylic acids is 1. The highest BCUT2D eigenvalue weighted by molar-refractivity contribution is 5.77. The molecule has 33 heavy (non-hydrogen) atoms. The Balaban J connectivity index is 1.52. The van der Waals surface area contributed by atoms with E-state index in [2.05, 4.69) is 41.9 Å².